The molecule has 2 aromatic rings. The number of benzene rings is 1. The van der Waals surface area contributed by atoms with Gasteiger partial charge in [-0.2, -0.15) is 0 Å². The largest absolute Gasteiger partial charge is 0.492 e. The maximum atomic E-state index is 6.09. The highest BCUT2D eigenvalue weighted by Gasteiger charge is 2.16. The van der Waals surface area contributed by atoms with Gasteiger partial charge in [-0.05, 0) is 44.7 Å². The highest BCUT2D eigenvalue weighted by Crippen LogP contribution is 2.28. The molecule has 1 fully saturated rings. The average Bonchev–Trinajstić information content (AvgIpc) is 2.83. The summed E-state index contributed by atoms with van der Waals surface area (Å²) in [6, 6.07) is 5.97. The molecule has 5 heteroatoms. The molecule has 0 radical (unpaired) electrons. The van der Waals surface area contributed by atoms with E-state index in [2.05, 4.69) is 9.55 Å². The smallest absolute Gasteiger partial charge is 0.201 e. The Bertz CT molecular complexity index is 603. The van der Waals surface area contributed by atoms with Crippen LogP contribution < -0.4 is 10.5 Å². The molecule has 1 aromatic carbocycles. The molecule has 0 saturated carbocycles. The molecule has 0 bridgehead atoms. The fourth-order valence-corrected chi connectivity index (χ4v) is 2.95. The predicted octanol–water partition coefficient (Wildman–Crippen LogP) is 2.98. The number of nitrogen functional groups attached to an aromatic ring is 1. The van der Waals surface area contributed by atoms with Crippen molar-refractivity contribution < 1.29 is 9.47 Å². The minimum atomic E-state index is 0.352. The molecule has 1 aliphatic heterocycles. The van der Waals surface area contributed by atoms with Gasteiger partial charge in [0.25, 0.3) is 0 Å². The number of nitrogens with two attached hydrogens (primary N) is 1. The molecule has 21 heavy (non-hydrogen) atoms. The molecule has 3 rings (SSSR count). The van der Waals surface area contributed by atoms with E-state index in [4.69, 9.17) is 15.2 Å². The molecule has 1 atom stereocenters. The van der Waals surface area contributed by atoms with Crippen LogP contribution in [0.2, 0.25) is 0 Å². The highest BCUT2D eigenvalue weighted by molar-refractivity contribution is 5.84. The normalized spacial score (nSPS) is 19.0. The monoisotopic (exact) mass is 289 g/mol. The first-order chi connectivity index (χ1) is 10.3. The van der Waals surface area contributed by atoms with E-state index in [1.54, 1.807) is 0 Å². The number of rotatable bonds is 5. The molecule has 0 amide bonds. The topological polar surface area (TPSA) is 62.3 Å². The van der Waals surface area contributed by atoms with Crippen molar-refractivity contribution in [1.82, 2.24) is 9.55 Å². The Labute approximate surface area is 125 Å². The van der Waals surface area contributed by atoms with Crippen LogP contribution in [0.25, 0.3) is 11.0 Å². The van der Waals surface area contributed by atoms with Crippen molar-refractivity contribution >= 4 is 17.0 Å². The lowest BCUT2D eigenvalue weighted by atomic mass is 10.1. The highest BCUT2D eigenvalue weighted by atomic mass is 16.5. The third kappa shape index (κ3) is 2.97. The second-order valence-electron chi connectivity index (χ2n) is 5.46. The Kier molecular flexibility index (Phi) is 4.29. The lowest BCUT2D eigenvalue weighted by molar-refractivity contribution is 0.00906. The van der Waals surface area contributed by atoms with Gasteiger partial charge in [-0.25, -0.2) is 4.98 Å². The molecule has 0 aliphatic carbocycles. The molecule has 0 spiro atoms. The zero-order valence-corrected chi connectivity index (χ0v) is 12.5. The molecule has 2 N–H and O–H groups in total. The van der Waals surface area contributed by atoms with Gasteiger partial charge in [0.05, 0.1) is 18.2 Å². The predicted molar refractivity (Wildman–Crippen MR) is 83.5 cm³/mol. The average molecular weight is 289 g/mol. The second-order valence-corrected chi connectivity index (χ2v) is 5.46. The van der Waals surface area contributed by atoms with Crippen LogP contribution in [0.5, 0.6) is 5.75 Å². The van der Waals surface area contributed by atoms with Gasteiger partial charge >= 0.3 is 0 Å². The summed E-state index contributed by atoms with van der Waals surface area (Å²) in [5, 5.41) is 0. The number of hydrogen-bond donors (Lipinski definition) is 1. The van der Waals surface area contributed by atoms with Gasteiger partial charge in [0, 0.05) is 13.2 Å². The number of aryl methyl sites for hydroxylation is 1. The van der Waals surface area contributed by atoms with E-state index in [1.807, 2.05) is 25.1 Å². The summed E-state index contributed by atoms with van der Waals surface area (Å²) < 4.78 is 13.5. The maximum Gasteiger partial charge on any atom is 0.201 e. The van der Waals surface area contributed by atoms with E-state index in [0.717, 1.165) is 42.8 Å². The van der Waals surface area contributed by atoms with Crippen LogP contribution in [-0.4, -0.2) is 28.9 Å². The van der Waals surface area contributed by atoms with Crippen LogP contribution in [0.3, 0.4) is 0 Å². The third-order valence-electron chi connectivity index (χ3n) is 4.02. The van der Waals surface area contributed by atoms with Crippen molar-refractivity contribution in [3.63, 3.8) is 0 Å². The van der Waals surface area contributed by atoms with E-state index < -0.39 is 0 Å². The number of para-hydroxylation sites is 1. The third-order valence-corrected chi connectivity index (χ3v) is 4.02. The van der Waals surface area contributed by atoms with E-state index in [0.29, 0.717) is 18.7 Å². The summed E-state index contributed by atoms with van der Waals surface area (Å²) in [5.74, 6) is 1.35. The molecule has 5 nitrogen and oxygen atoms in total. The summed E-state index contributed by atoms with van der Waals surface area (Å²) in [6.45, 7) is 4.32. The van der Waals surface area contributed by atoms with Gasteiger partial charge < -0.3 is 19.8 Å². The Balaban J connectivity index is 1.81. The van der Waals surface area contributed by atoms with Crippen molar-refractivity contribution in [2.45, 2.75) is 45.3 Å². The first-order valence-corrected chi connectivity index (χ1v) is 7.78. The number of fused-ring (bicyclic) bond motifs is 1. The van der Waals surface area contributed by atoms with E-state index >= 15 is 0 Å². The fraction of sp³-hybridized carbons (Fsp3) is 0.562. The van der Waals surface area contributed by atoms with Crippen LogP contribution in [-0.2, 0) is 11.3 Å². The number of hydrogen-bond acceptors (Lipinski definition) is 4. The van der Waals surface area contributed by atoms with E-state index in [1.165, 1.54) is 12.8 Å². The number of aromatic nitrogens is 2. The Morgan fingerprint density at radius 3 is 3.10 bits per heavy atom. The molecule has 1 saturated heterocycles. The zero-order valence-electron chi connectivity index (χ0n) is 12.5. The first-order valence-electron chi connectivity index (χ1n) is 7.78. The molecular weight excluding hydrogens is 266 g/mol. The van der Waals surface area contributed by atoms with Crippen molar-refractivity contribution in [2.75, 3.05) is 18.9 Å². The lowest BCUT2D eigenvalue weighted by Crippen LogP contribution is -2.21. The Hall–Kier alpha value is -1.75. The Morgan fingerprint density at radius 2 is 2.33 bits per heavy atom. The van der Waals surface area contributed by atoms with Gasteiger partial charge in [0.1, 0.15) is 11.3 Å². The van der Waals surface area contributed by atoms with Crippen molar-refractivity contribution in [2.24, 2.45) is 0 Å². The van der Waals surface area contributed by atoms with Crippen LogP contribution in [0, 0.1) is 0 Å². The first kappa shape index (κ1) is 14.2. The standard InChI is InChI=1S/C16H23N3O2/c1-2-20-14-8-5-7-13-15(14)18-16(17)19(13)10-9-12-6-3-4-11-21-12/h5,7-8,12H,2-4,6,9-11H2,1H3,(H2,17,18). The van der Waals surface area contributed by atoms with Crippen molar-refractivity contribution in [3.05, 3.63) is 18.2 Å². The van der Waals surface area contributed by atoms with Crippen LogP contribution in [0.4, 0.5) is 5.95 Å². The number of anilines is 1. The second kappa shape index (κ2) is 6.35. The van der Waals surface area contributed by atoms with E-state index in [9.17, 15) is 0 Å². The fourth-order valence-electron chi connectivity index (χ4n) is 2.95. The summed E-state index contributed by atoms with van der Waals surface area (Å²) in [4.78, 5) is 4.47. The van der Waals surface area contributed by atoms with Gasteiger partial charge in [-0.15, -0.1) is 0 Å². The minimum Gasteiger partial charge on any atom is -0.492 e. The quantitative estimate of drug-likeness (QED) is 0.919. The van der Waals surface area contributed by atoms with Crippen LogP contribution in [0.1, 0.15) is 32.6 Å². The van der Waals surface area contributed by atoms with Gasteiger partial charge in [0.2, 0.25) is 5.95 Å². The van der Waals surface area contributed by atoms with Gasteiger partial charge in [0.15, 0.2) is 0 Å². The number of nitrogens with zero attached hydrogens (tertiary/aromatic N) is 2. The lowest BCUT2D eigenvalue weighted by Gasteiger charge is -2.22. The minimum absolute atomic E-state index is 0.352. The van der Waals surface area contributed by atoms with Gasteiger partial charge in [-0.1, -0.05) is 6.07 Å². The molecule has 1 aromatic heterocycles. The van der Waals surface area contributed by atoms with Crippen molar-refractivity contribution in [1.29, 1.82) is 0 Å². The number of imidazole rings is 1. The van der Waals surface area contributed by atoms with Crippen LogP contribution in [0.15, 0.2) is 18.2 Å². The molecule has 114 valence electrons. The molecule has 1 unspecified atom stereocenters. The summed E-state index contributed by atoms with van der Waals surface area (Å²) in [5.41, 5.74) is 7.97. The summed E-state index contributed by atoms with van der Waals surface area (Å²) >= 11 is 0. The maximum absolute atomic E-state index is 6.09. The van der Waals surface area contributed by atoms with Crippen LogP contribution >= 0.6 is 0 Å². The summed E-state index contributed by atoms with van der Waals surface area (Å²) in [6.07, 6.45) is 4.93. The molecule has 1 aliphatic rings. The molecular formula is C16H23N3O2. The summed E-state index contributed by atoms with van der Waals surface area (Å²) in [7, 11) is 0. The zero-order chi connectivity index (χ0) is 14.7. The van der Waals surface area contributed by atoms with E-state index in [-0.39, 0.29) is 0 Å². The Morgan fingerprint density at radius 1 is 1.43 bits per heavy atom. The SMILES string of the molecule is CCOc1cccc2c1nc(N)n2CCC1CCCCO1. The van der Waals surface area contributed by atoms with Gasteiger partial charge in [-0.3, -0.25) is 0 Å². The number of ether oxygens (including phenoxy) is 2. The van der Waals surface area contributed by atoms with Crippen molar-refractivity contribution in [3.8, 4) is 5.75 Å². The molecule has 2 heterocycles.